The number of nitro groups is 1. The Morgan fingerprint density at radius 3 is 2.32 bits per heavy atom. The Morgan fingerprint density at radius 2 is 1.71 bits per heavy atom. The van der Waals surface area contributed by atoms with Crippen LogP contribution in [0.25, 0.3) is 0 Å². The highest BCUT2D eigenvalue weighted by Crippen LogP contribution is 2.21. The molecular formula is C22H19F2N3O6S. The summed E-state index contributed by atoms with van der Waals surface area (Å²) in [5, 5.41) is 13.6. The molecule has 0 unspecified atom stereocenters. The highest BCUT2D eigenvalue weighted by atomic mass is 32.2. The molecule has 0 bridgehead atoms. The van der Waals surface area contributed by atoms with Crippen molar-refractivity contribution in [3.8, 4) is 5.75 Å². The molecule has 0 aromatic heterocycles. The maximum absolute atomic E-state index is 12.5. The fourth-order valence-corrected chi connectivity index (χ4v) is 4.03. The fraction of sp³-hybridized carbons (Fsp3) is 0.136. The Bertz CT molecular complexity index is 1270. The van der Waals surface area contributed by atoms with Gasteiger partial charge in [-0.05, 0) is 54.4 Å². The molecule has 34 heavy (non-hydrogen) atoms. The topological polar surface area (TPSA) is 128 Å². The number of carbonyl (C=O) groups excluding carboxylic acids is 1. The molecule has 0 saturated heterocycles. The first-order valence-electron chi connectivity index (χ1n) is 9.83. The molecule has 0 aliphatic carbocycles. The summed E-state index contributed by atoms with van der Waals surface area (Å²) in [6, 6.07) is 16.3. The lowest BCUT2D eigenvalue weighted by Gasteiger charge is -2.10. The van der Waals surface area contributed by atoms with Crippen LogP contribution in [0.1, 0.15) is 15.9 Å². The number of nitrogens with zero attached hydrogens (tertiary/aromatic N) is 1. The van der Waals surface area contributed by atoms with Gasteiger partial charge in [0.1, 0.15) is 5.75 Å². The Kier molecular flexibility index (Phi) is 7.74. The number of sulfonamides is 1. The largest absolute Gasteiger partial charge is 0.435 e. The molecule has 0 heterocycles. The van der Waals surface area contributed by atoms with Gasteiger partial charge in [0, 0.05) is 29.9 Å². The standard InChI is InChI=1S/C22H19F2N3O6S/c23-22(24)33-19-10-4-15(5-11-19)12-13-25-21(28)16-6-8-17(9-7-16)26-34(31,32)20-3-1-2-18(14-20)27(29)30/h1-11,14,22,26H,12-13H2,(H,25,28). The zero-order valence-electron chi connectivity index (χ0n) is 17.5. The minimum atomic E-state index is -4.06. The van der Waals surface area contributed by atoms with E-state index in [1.54, 1.807) is 12.1 Å². The average Bonchev–Trinajstić information content (AvgIpc) is 2.80. The Balaban J connectivity index is 1.55. The molecule has 0 atom stereocenters. The van der Waals surface area contributed by atoms with E-state index in [-0.39, 0.29) is 34.5 Å². The number of halogens is 2. The van der Waals surface area contributed by atoms with E-state index in [1.807, 2.05) is 0 Å². The minimum Gasteiger partial charge on any atom is -0.435 e. The zero-order valence-corrected chi connectivity index (χ0v) is 18.3. The van der Waals surface area contributed by atoms with Crippen molar-refractivity contribution in [3.05, 3.63) is 94.0 Å². The molecule has 0 fully saturated rings. The quantitative estimate of drug-likeness (QED) is 0.326. The van der Waals surface area contributed by atoms with Crippen LogP contribution in [0.5, 0.6) is 5.75 Å². The van der Waals surface area contributed by atoms with Gasteiger partial charge >= 0.3 is 6.61 Å². The van der Waals surface area contributed by atoms with Gasteiger partial charge in [0.2, 0.25) is 0 Å². The number of non-ortho nitro benzene ring substituents is 1. The fourth-order valence-electron chi connectivity index (χ4n) is 2.93. The minimum absolute atomic E-state index is 0.0454. The van der Waals surface area contributed by atoms with E-state index in [4.69, 9.17) is 0 Å². The van der Waals surface area contributed by atoms with Crippen LogP contribution < -0.4 is 14.8 Å². The van der Waals surface area contributed by atoms with Crippen LogP contribution in [0.4, 0.5) is 20.2 Å². The van der Waals surface area contributed by atoms with Crippen molar-refractivity contribution in [2.75, 3.05) is 11.3 Å². The van der Waals surface area contributed by atoms with Crippen molar-refractivity contribution in [2.45, 2.75) is 17.9 Å². The van der Waals surface area contributed by atoms with E-state index in [1.165, 1.54) is 54.6 Å². The highest BCUT2D eigenvalue weighted by Gasteiger charge is 2.18. The van der Waals surface area contributed by atoms with Crippen LogP contribution in [0.15, 0.2) is 77.7 Å². The molecule has 2 N–H and O–H groups in total. The summed E-state index contributed by atoms with van der Waals surface area (Å²) in [6.07, 6.45) is 0.460. The Morgan fingerprint density at radius 1 is 1.03 bits per heavy atom. The average molecular weight is 491 g/mol. The second kappa shape index (κ2) is 10.7. The van der Waals surface area contributed by atoms with Gasteiger partial charge in [-0.15, -0.1) is 0 Å². The third-order valence-corrected chi connectivity index (χ3v) is 5.96. The lowest BCUT2D eigenvalue weighted by atomic mass is 10.1. The Hall–Kier alpha value is -4.06. The monoisotopic (exact) mass is 491 g/mol. The predicted octanol–water partition coefficient (Wildman–Crippen LogP) is 3.97. The van der Waals surface area contributed by atoms with E-state index in [9.17, 15) is 32.1 Å². The van der Waals surface area contributed by atoms with Crippen LogP contribution in [-0.2, 0) is 16.4 Å². The first kappa shape index (κ1) is 24.6. The van der Waals surface area contributed by atoms with Crippen molar-refractivity contribution < 1.29 is 31.7 Å². The number of carbonyl (C=O) groups is 1. The first-order chi connectivity index (χ1) is 16.1. The van der Waals surface area contributed by atoms with Crippen LogP contribution in [0.2, 0.25) is 0 Å². The first-order valence-corrected chi connectivity index (χ1v) is 11.3. The van der Waals surface area contributed by atoms with Crippen LogP contribution in [0, 0.1) is 10.1 Å². The van der Waals surface area contributed by atoms with Gasteiger partial charge in [-0.1, -0.05) is 18.2 Å². The van der Waals surface area contributed by atoms with E-state index in [2.05, 4.69) is 14.8 Å². The SMILES string of the molecule is O=C(NCCc1ccc(OC(F)F)cc1)c1ccc(NS(=O)(=O)c2cccc([N+](=O)[O-])c2)cc1. The molecule has 0 radical (unpaired) electrons. The number of nitro benzene ring substituents is 1. The number of amides is 1. The van der Waals surface area contributed by atoms with E-state index in [0.29, 0.717) is 12.0 Å². The second-order valence-electron chi connectivity index (χ2n) is 6.97. The van der Waals surface area contributed by atoms with Crippen LogP contribution >= 0.6 is 0 Å². The molecule has 0 spiro atoms. The summed E-state index contributed by atoms with van der Waals surface area (Å²) in [4.78, 5) is 22.2. The molecule has 178 valence electrons. The highest BCUT2D eigenvalue weighted by molar-refractivity contribution is 7.92. The van der Waals surface area contributed by atoms with Crippen molar-refractivity contribution in [2.24, 2.45) is 0 Å². The summed E-state index contributed by atoms with van der Waals surface area (Å²) < 4.78 is 55.9. The number of hydrogen-bond acceptors (Lipinski definition) is 6. The summed E-state index contributed by atoms with van der Waals surface area (Å²) in [5.41, 5.74) is 0.924. The number of alkyl halides is 2. The molecule has 3 aromatic rings. The van der Waals surface area contributed by atoms with Crippen molar-refractivity contribution in [3.63, 3.8) is 0 Å². The van der Waals surface area contributed by atoms with Crippen LogP contribution in [0.3, 0.4) is 0 Å². The maximum atomic E-state index is 12.5. The van der Waals surface area contributed by atoms with Gasteiger partial charge in [-0.25, -0.2) is 8.42 Å². The molecular weight excluding hydrogens is 472 g/mol. The molecule has 0 saturated carbocycles. The number of nitrogens with one attached hydrogen (secondary N) is 2. The molecule has 0 aliphatic rings. The van der Waals surface area contributed by atoms with Gasteiger partial charge in [-0.3, -0.25) is 19.6 Å². The molecule has 0 aliphatic heterocycles. The van der Waals surface area contributed by atoms with Crippen LogP contribution in [-0.4, -0.2) is 32.4 Å². The molecule has 1 amide bonds. The predicted molar refractivity (Wildman–Crippen MR) is 119 cm³/mol. The van der Waals surface area contributed by atoms with Gasteiger partial charge in [-0.2, -0.15) is 8.78 Å². The molecule has 3 rings (SSSR count). The summed E-state index contributed by atoms with van der Waals surface area (Å²) in [7, 11) is -4.06. The number of benzene rings is 3. The molecule has 3 aromatic carbocycles. The third kappa shape index (κ3) is 6.72. The Labute approximate surface area is 193 Å². The summed E-state index contributed by atoms with van der Waals surface area (Å²) in [6.45, 7) is -2.61. The second-order valence-corrected chi connectivity index (χ2v) is 8.65. The molecule has 12 heteroatoms. The summed E-state index contributed by atoms with van der Waals surface area (Å²) in [5.74, 6) is -0.338. The van der Waals surface area contributed by atoms with Crippen molar-refractivity contribution in [1.82, 2.24) is 5.32 Å². The normalized spacial score (nSPS) is 11.1. The van der Waals surface area contributed by atoms with Crippen molar-refractivity contribution in [1.29, 1.82) is 0 Å². The molecule has 9 nitrogen and oxygen atoms in total. The van der Waals surface area contributed by atoms with Gasteiger partial charge in [0.15, 0.2) is 0 Å². The lowest BCUT2D eigenvalue weighted by molar-refractivity contribution is -0.385. The number of anilines is 1. The maximum Gasteiger partial charge on any atom is 0.387 e. The zero-order chi connectivity index (χ0) is 24.7. The van der Waals surface area contributed by atoms with E-state index < -0.39 is 21.6 Å². The van der Waals surface area contributed by atoms with Gasteiger partial charge in [0.05, 0.1) is 9.82 Å². The number of rotatable bonds is 10. The smallest absolute Gasteiger partial charge is 0.387 e. The lowest BCUT2D eigenvalue weighted by Crippen LogP contribution is -2.25. The van der Waals surface area contributed by atoms with Gasteiger partial charge < -0.3 is 10.1 Å². The van der Waals surface area contributed by atoms with E-state index >= 15 is 0 Å². The third-order valence-electron chi connectivity index (χ3n) is 4.59. The number of hydrogen-bond donors (Lipinski definition) is 2. The number of ether oxygens (including phenoxy) is 1. The van der Waals surface area contributed by atoms with E-state index in [0.717, 1.165) is 11.6 Å². The van der Waals surface area contributed by atoms with Crippen molar-refractivity contribution >= 4 is 27.3 Å². The summed E-state index contributed by atoms with van der Waals surface area (Å²) >= 11 is 0. The van der Waals surface area contributed by atoms with Gasteiger partial charge in [0.25, 0.3) is 21.6 Å².